The number of nitrogens with zero attached hydrogens (tertiary/aromatic N) is 1. The Balaban J connectivity index is 1.69. The number of carbonyl (C=O) groups is 2. The van der Waals surface area contributed by atoms with Crippen molar-refractivity contribution >= 4 is 27.6 Å². The van der Waals surface area contributed by atoms with Gasteiger partial charge in [0.1, 0.15) is 0 Å². The third-order valence-electron chi connectivity index (χ3n) is 4.24. The number of ketones is 1. The number of amides is 1. The second kappa shape index (κ2) is 9.18. The normalized spacial score (nSPS) is 16.3. The van der Waals surface area contributed by atoms with Crippen molar-refractivity contribution in [2.24, 2.45) is 0 Å². The molecule has 1 aromatic carbocycles. The minimum atomic E-state index is -0.00981. The third kappa shape index (κ3) is 6.07. The summed E-state index contributed by atoms with van der Waals surface area (Å²) in [6, 6.07) is 7.52. The van der Waals surface area contributed by atoms with E-state index in [9.17, 15) is 9.59 Å². The van der Waals surface area contributed by atoms with Gasteiger partial charge in [0.2, 0.25) is 5.91 Å². The zero-order valence-corrected chi connectivity index (χ0v) is 15.3. The zero-order chi connectivity index (χ0) is 16.7. The zero-order valence-electron chi connectivity index (χ0n) is 13.7. The van der Waals surface area contributed by atoms with Gasteiger partial charge in [0.25, 0.3) is 0 Å². The van der Waals surface area contributed by atoms with Crippen LogP contribution in [0.25, 0.3) is 0 Å². The van der Waals surface area contributed by atoms with E-state index in [1.807, 2.05) is 12.1 Å². The Bertz CT molecular complexity index is 522. The van der Waals surface area contributed by atoms with Crippen molar-refractivity contribution in [2.45, 2.75) is 45.1 Å². The molecule has 0 aliphatic carbocycles. The molecule has 0 unspecified atom stereocenters. The highest BCUT2D eigenvalue weighted by Crippen LogP contribution is 2.13. The first-order chi connectivity index (χ1) is 11.1. The monoisotopic (exact) mass is 380 g/mol. The number of piperidine rings is 1. The topological polar surface area (TPSA) is 49.4 Å². The minimum absolute atomic E-state index is 0.00981. The van der Waals surface area contributed by atoms with Crippen molar-refractivity contribution in [3.63, 3.8) is 0 Å². The molecule has 4 nitrogen and oxygen atoms in total. The number of Topliss-reactive ketones (excluding diaryl/α,β-unsaturated/α-hetero) is 1. The van der Waals surface area contributed by atoms with Crippen LogP contribution in [0.15, 0.2) is 28.7 Å². The van der Waals surface area contributed by atoms with E-state index in [1.165, 1.54) is 6.42 Å². The second-order valence-electron chi connectivity index (χ2n) is 6.11. The van der Waals surface area contributed by atoms with E-state index in [0.717, 1.165) is 36.9 Å². The van der Waals surface area contributed by atoms with Gasteiger partial charge in [-0.15, -0.1) is 0 Å². The number of hydrogen-bond acceptors (Lipinski definition) is 3. The highest BCUT2D eigenvalue weighted by atomic mass is 79.9. The SMILES string of the molecule is CCCN1CCC(NC(=O)CCC(=O)c2ccc(Br)cc2)CC1. The quantitative estimate of drug-likeness (QED) is 0.737. The smallest absolute Gasteiger partial charge is 0.220 e. The van der Waals surface area contributed by atoms with Crippen molar-refractivity contribution in [1.29, 1.82) is 0 Å². The van der Waals surface area contributed by atoms with Crippen LogP contribution < -0.4 is 5.32 Å². The molecule has 126 valence electrons. The maximum Gasteiger partial charge on any atom is 0.220 e. The van der Waals surface area contributed by atoms with Gasteiger partial charge in [0.05, 0.1) is 0 Å². The summed E-state index contributed by atoms with van der Waals surface area (Å²) in [4.78, 5) is 26.5. The second-order valence-corrected chi connectivity index (χ2v) is 7.03. The number of nitrogens with one attached hydrogen (secondary N) is 1. The summed E-state index contributed by atoms with van der Waals surface area (Å²) in [6.07, 6.45) is 3.72. The number of hydrogen-bond donors (Lipinski definition) is 1. The van der Waals surface area contributed by atoms with Crippen molar-refractivity contribution < 1.29 is 9.59 Å². The molecule has 0 radical (unpaired) electrons. The lowest BCUT2D eigenvalue weighted by Crippen LogP contribution is -2.44. The fourth-order valence-electron chi connectivity index (χ4n) is 2.92. The van der Waals surface area contributed by atoms with Crippen LogP contribution >= 0.6 is 15.9 Å². The molecule has 0 saturated carbocycles. The molecule has 1 aliphatic rings. The molecule has 0 spiro atoms. The lowest BCUT2D eigenvalue weighted by atomic mass is 10.0. The molecule has 1 N–H and O–H groups in total. The Morgan fingerprint density at radius 3 is 2.43 bits per heavy atom. The number of rotatable bonds is 7. The summed E-state index contributed by atoms with van der Waals surface area (Å²) in [5.41, 5.74) is 0.661. The van der Waals surface area contributed by atoms with Gasteiger partial charge in [-0.2, -0.15) is 0 Å². The van der Waals surface area contributed by atoms with E-state index in [0.29, 0.717) is 5.56 Å². The molecule has 5 heteroatoms. The van der Waals surface area contributed by atoms with Crippen LogP contribution in [0.1, 0.15) is 49.4 Å². The van der Waals surface area contributed by atoms with Crippen LogP contribution in [-0.4, -0.2) is 42.3 Å². The van der Waals surface area contributed by atoms with Crippen LogP contribution in [0.2, 0.25) is 0 Å². The van der Waals surface area contributed by atoms with Crippen molar-refractivity contribution in [2.75, 3.05) is 19.6 Å². The highest BCUT2D eigenvalue weighted by Gasteiger charge is 2.20. The Morgan fingerprint density at radius 1 is 1.17 bits per heavy atom. The molecule has 23 heavy (non-hydrogen) atoms. The Labute approximate surface area is 146 Å². The van der Waals surface area contributed by atoms with Gasteiger partial charge < -0.3 is 10.2 Å². The first-order valence-corrected chi connectivity index (χ1v) is 9.18. The average molecular weight is 381 g/mol. The van der Waals surface area contributed by atoms with E-state index in [2.05, 4.69) is 33.1 Å². The van der Waals surface area contributed by atoms with Crippen LogP contribution in [0.3, 0.4) is 0 Å². The molecule has 1 fully saturated rings. The van der Waals surface area contributed by atoms with Gasteiger partial charge in [-0.05, 0) is 37.9 Å². The molecule has 0 atom stereocenters. The molecule has 1 aliphatic heterocycles. The van der Waals surface area contributed by atoms with Crippen LogP contribution in [0.4, 0.5) is 0 Å². The number of halogens is 1. The molecule has 0 bridgehead atoms. The summed E-state index contributed by atoms with van der Waals surface area (Å²) < 4.78 is 0.946. The molecule has 1 saturated heterocycles. The molecule has 2 rings (SSSR count). The molecular weight excluding hydrogens is 356 g/mol. The Morgan fingerprint density at radius 2 is 1.83 bits per heavy atom. The van der Waals surface area contributed by atoms with E-state index in [-0.39, 0.29) is 30.6 Å². The first kappa shape index (κ1) is 18.1. The van der Waals surface area contributed by atoms with Gasteiger partial charge in [0.15, 0.2) is 5.78 Å². The molecule has 1 amide bonds. The summed E-state index contributed by atoms with van der Waals surface area (Å²) in [6.45, 7) is 5.44. The summed E-state index contributed by atoms with van der Waals surface area (Å²) >= 11 is 3.35. The maximum absolute atomic E-state index is 12.1. The molecule has 1 heterocycles. The molecular formula is C18H25BrN2O2. The van der Waals surface area contributed by atoms with Gasteiger partial charge in [-0.1, -0.05) is 35.0 Å². The third-order valence-corrected chi connectivity index (χ3v) is 4.77. The van der Waals surface area contributed by atoms with E-state index < -0.39 is 0 Å². The van der Waals surface area contributed by atoms with E-state index in [4.69, 9.17) is 0 Å². The fraction of sp³-hybridized carbons (Fsp3) is 0.556. The summed E-state index contributed by atoms with van der Waals surface area (Å²) in [7, 11) is 0. The standard InChI is InChI=1S/C18H25BrN2O2/c1-2-11-21-12-9-16(10-13-21)20-18(23)8-7-17(22)14-3-5-15(19)6-4-14/h3-6,16H,2,7-13H2,1H3,(H,20,23). The highest BCUT2D eigenvalue weighted by molar-refractivity contribution is 9.10. The van der Waals surface area contributed by atoms with Gasteiger partial charge in [-0.3, -0.25) is 9.59 Å². The lowest BCUT2D eigenvalue weighted by Gasteiger charge is -2.32. The summed E-state index contributed by atoms with van der Waals surface area (Å²) in [5.74, 6) is 0.00909. The predicted molar refractivity (Wildman–Crippen MR) is 95.6 cm³/mol. The maximum atomic E-state index is 12.1. The predicted octanol–water partition coefficient (Wildman–Crippen LogP) is 3.40. The number of carbonyl (C=O) groups excluding carboxylic acids is 2. The van der Waals surface area contributed by atoms with Crippen LogP contribution in [-0.2, 0) is 4.79 Å². The minimum Gasteiger partial charge on any atom is -0.353 e. The summed E-state index contributed by atoms with van der Waals surface area (Å²) in [5, 5.41) is 3.07. The van der Waals surface area contributed by atoms with Gasteiger partial charge in [0, 0.05) is 42.0 Å². The van der Waals surface area contributed by atoms with E-state index in [1.54, 1.807) is 12.1 Å². The van der Waals surface area contributed by atoms with E-state index >= 15 is 0 Å². The fourth-order valence-corrected chi connectivity index (χ4v) is 3.19. The number of benzene rings is 1. The molecule has 0 aromatic heterocycles. The average Bonchev–Trinajstić information content (AvgIpc) is 2.55. The van der Waals surface area contributed by atoms with Crippen LogP contribution in [0.5, 0.6) is 0 Å². The first-order valence-electron chi connectivity index (χ1n) is 8.39. The van der Waals surface area contributed by atoms with Crippen molar-refractivity contribution in [1.82, 2.24) is 10.2 Å². The lowest BCUT2D eigenvalue weighted by molar-refractivity contribution is -0.122. The Kier molecular flexibility index (Phi) is 7.24. The van der Waals surface area contributed by atoms with Crippen molar-refractivity contribution in [3.8, 4) is 0 Å². The number of likely N-dealkylation sites (tertiary alicyclic amines) is 1. The van der Waals surface area contributed by atoms with Gasteiger partial charge in [-0.25, -0.2) is 0 Å². The molecule has 1 aromatic rings. The largest absolute Gasteiger partial charge is 0.353 e. The van der Waals surface area contributed by atoms with Gasteiger partial charge >= 0.3 is 0 Å². The van der Waals surface area contributed by atoms with Crippen molar-refractivity contribution in [3.05, 3.63) is 34.3 Å². The van der Waals surface area contributed by atoms with Crippen LogP contribution in [0, 0.1) is 0 Å². The Hall–Kier alpha value is -1.20.